The molecule has 190 valence electrons. The molecule has 0 saturated carbocycles. The Balaban J connectivity index is 1.56. The van der Waals surface area contributed by atoms with Gasteiger partial charge in [0.1, 0.15) is 5.82 Å². The van der Waals surface area contributed by atoms with Crippen LogP contribution in [-0.2, 0) is 16.1 Å². The van der Waals surface area contributed by atoms with Crippen LogP contribution in [0.25, 0.3) is 0 Å². The lowest BCUT2D eigenvalue weighted by Gasteiger charge is -2.37. The maximum absolute atomic E-state index is 13.3. The summed E-state index contributed by atoms with van der Waals surface area (Å²) in [6.07, 6.45) is 1.26. The highest BCUT2D eigenvalue weighted by molar-refractivity contribution is 5.83. The number of rotatable bonds is 9. The van der Waals surface area contributed by atoms with Gasteiger partial charge in [-0.2, -0.15) is 0 Å². The molecule has 0 aliphatic carbocycles. The molecule has 1 fully saturated rings. The molecule has 0 spiro atoms. The largest absolute Gasteiger partial charge is 0.340 e. The molecule has 0 N–H and O–H groups in total. The Bertz CT molecular complexity index is 948. The first-order valence-electron chi connectivity index (χ1n) is 12.7. The Morgan fingerprint density at radius 3 is 2.17 bits per heavy atom. The predicted molar refractivity (Wildman–Crippen MR) is 138 cm³/mol. The molecular weight excluding hydrogens is 441 g/mol. The first-order chi connectivity index (χ1) is 16.7. The number of hydrogen-bond acceptors (Lipinski definition) is 3. The van der Waals surface area contributed by atoms with E-state index >= 15 is 0 Å². The summed E-state index contributed by atoms with van der Waals surface area (Å²) in [7, 11) is 0. The minimum absolute atomic E-state index is 0.0935. The van der Waals surface area contributed by atoms with Crippen LogP contribution in [0, 0.1) is 11.2 Å². The lowest BCUT2D eigenvalue weighted by atomic mass is 9.91. The van der Waals surface area contributed by atoms with Crippen molar-refractivity contribution in [3.8, 4) is 0 Å². The van der Waals surface area contributed by atoms with Crippen LogP contribution in [0.1, 0.15) is 57.6 Å². The van der Waals surface area contributed by atoms with Crippen LogP contribution in [0.2, 0.25) is 0 Å². The molecule has 35 heavy (non-hydrogen) atoms. The molecule has 5 nitrogen and oxygen atoms in total. The zero-order valence-electron chi connectivity index (χ0n) is 21.7. The average Bonchev–Trinajstić information content (AvgIpc) is 2.83. The van der Waals surface area contributed by atoms with Crippen molar-refractivity contribution >= 4 is 11.8 Å². The standard InChI is InChI=1S/C29H40FN3O2/c1-5-26(24-9-7-6-8-10-24)28(35)32-18-15-31(16-19-32)17-20-33(27(34)21-29(2,3)4)22-23-11-13-25(30)14-12-23/h6-14,26H,5,15-22H2,1-4H3. The van der Waals surface area contributed by atoms with Crippen LogP contribution in [-0.4, -0.2) is 65.8 Å². The molecule has 1 unspecified atom stereocenters. The topological polar surface area (TPSA) is 43.9 Å². The molecule has 1 aliphatic rings. The Hall–Kier alpha value is -2.73. The number of benzene rings is 2. The zero-order chi connectivity index (χ0) is 25.4. The Morgan fingerprint density at radius 2 is 1.60 bits per heavy atom. The molecule has 3 rings (SSSR count). The summed E-state index contributed by atoms with van der Waals surface area (Å²) < 4.78 is 13.3. The summed E-state index contributed by atoms with van der Waals surface area (Å²) >= 11 is 0. The smallest absolute Gasteiger partial charge is 0.230 e. The third kappa shape index (κ3) is 8.17. The van der Waals surface area contributed by atoms with E-state index in [1.807, 2.05) is 40.1 Å². The van der Waals surface area contributed by atoms with Gasteiger partial charge in [0.15, 0.2) is 0 Å². The number of nitrogens with zero attached hydrogens (tertiary/aromatic N) is 3. The van der Waals surface area contributed by atoms with Gasteiger partial charge in [-0.25, -0.2) is 4.39 Å². The maximum atomic E-state index is 13.3. The predicted octanol–water partition coefficient (Wildman–Crippen LogP) is 4.93. The summed E-state index contributed by atoms with van der Waals surface area (Å²) in [5.74, 6) is -0.0452. The van der Waals surface area contributed by atoms with Gasteiger partial charge < -0.3 is 9.80 Å². The summed E-state index contributed by atoms with van der Waals surface area (Å²) in [5.41, 5.74) is 1.91. The van der Waals surface area contributed by atoms with Crippen molar-refractivity contribution in [2.75, 3.05) is 39.3 Å². The van der Waals surface area contributed by atoms with Crippen LogP contribution in [0.15, 0.2) is 54.6 Å². The van der Waals surface area contributed by atoms with Gasteiger partial charge in [0.2, 0.25) is 11.8 Å². The molecular formula is C29H40FN3O2. The lowest BCUT2D eigenvalue weighted by molar-refractivity contribution is -0.134. The molecule has 2 aromatic carbocycles. The van der Waals surface area contributed by atoms with E-state index in [0.29, 0.717) is 32.6 Å². The number of piperazine rings is 1. The van der Waals surface area contributed by atoms with Crippen molar-refractivity contribution in [1.82, 2.24) is 14.7 Å². The number of halogens is 1. The third-order valence-electron chi connectivity index (χ3n) is 6.60. The summed E-state index contributed by atoms with van der Waals surface area (Å²) in [4.78, 5) is 32.4. The zero-order valence-corrected chi connectivity index (χ0v) is 21.7. The van der Waals surface area contributed by atoms with Gasteiger partial charge in [0, 0.05) is 52.2 Å². The van der Waals surface area contributed by atoms with Crippen LogP contribution in [0.5, 0.6) is 0 Å². The van der Waals surface area contributed by atoms with E-state index in [2.05, 4.69) is 32.6 Å². The highest BCUT2D eigenvalue weighted by Gasteiger charge is 2.28. The Labute approximate surface area is 209 Å². The number of carbonyl (C=O) groups is 2. The van der Waals surface area contributed by atoms with E-state index < -0.39 is 0 Å². The fraction of sp³-hybridized carbons (Fsp3) is 0.517. The van der Waals surface area contributed by atoms with E-state index in [4.69, 9.17) is 0 Å². The van der Waals surface area contributed by atoms with Crippen molar-refractivity contribution in [2.24, 2.45) is 5.41 Å². The second kappa shape index (κ2) is 12.3. The lowest BCUT2D eigenvalue weighted by Crippen LogP contribution is -2.51. The van der Waals surface area contributed by atoms with Crippen molar-refractivity contribution in [3.05, 3.63) is 71.5 Å². The molecule has 1 aliphatic heterocycles. The Morgan fingerprint density at radius 1 is 0.971 bits per heavy atom. The van der Waals surface area contributed by atoms with Crippen LogP contribution < -0.4 is 0 Å². The monoisotopic (exact) mass is 481 g/mol. The molecule has 1 heterocycles. The first kappa shape index (κ1) is 26.9. The van der Waals surface area contributed by atoms with E-state index in [0.717, 1.165) is 37.2 Å². The SMILES string of the molecule is CCC(C(=O)N1CCN(CCN(Cc2ccc(F)cc2)C(=O)CC(C)(C)C)CC1)c1ccccc1. The summed E-state index contributed by atoms with van der Waals surface area (Å²) in [6.45, 7) is 13.1. The average molecular weight is 482 g/mol. The summed E-state index contributed by atoms with van der Waals surface area (Å²) in [5, 5.41) is 0. The second-order valence-electron chi connectivity index (χ2n) is 10.7. The van der Waals surface area contributed by atoms with E-state index in [9.17, 15) is 14.0 Å². The van der Waals surface area contributed by atoms with E-state index in [1.165, 1.54) is 12.1 Å². The molecule has 0 radical (unpaired) electrons. The quantitative estimate of drug-likeness (QED) is 0.510. The molecule has 6 heteroatoms. The van der Waals surface area contributed by atoms with E-state index in [-0.39, 0.29) is 29.0 Å². The van der Waals surface area contributed by atoms with Gasteiger partial charge in [-0.1, -0.05) is 70.2 Å². The number of hydrogen-bond donors (Lipinski definition) is 0. The van der Waals surface area contributed by atoms with Crippen LogP contribution >= 0.6 is 0 Å². The van der Waals surface area contributed by atoms with Crippen LogP contribution in [0.3, 0.4) is 0 Å². The molecule has 0 aromatic heterocycles. The molecule has 0 bridgehead atoms. The minimum Gasteiger partial charge on any atom is -0.340 e. The van der Waals surface area contributed by atoms with Gasteiger partial charge in [-0.05, 0) is 35.1 Å². The van der Waals surface area contributed by atoms with Gasteiger partial charge in [0.05, 0.1) is 5.92 Å². The van der Waals surface area contributed by atoms with Crippen molar-refractivity contribution in [1.29, 1.82) is 0 Å². The highest BCUT2D eigenvalue weighted by Crippen LogP contribution is 2.23. The van der Waals surface area contributed by atoms with Gasteiger partial charge in [-0.3, -0.25) is 14.5 Å². The fourth-order valence-corrected chi connectivity index (χ4v) is 4.58. The summed E-state index contributed by atoms with van der Waals surface area (Å²) in [6, 6.07) is 16.4. The second-order valence-corrected chi connectivity index (χ2v) is 10.7. The molecule has 2 aromatic rings. The Kier molecular flexibility index (Phi) is 9.44. The maximum Gasteiger partial charge on any atom is 0.230 e. The van der Waals surface area contributed by atoms with Gasteiger partial charge in [-0.15, -0.1) is 0 Å². The van der Waals surface area contributed by atoms with Crippen LogP contribution in [0.4, 0.5) is 4.39 Å². The number of amides is 2. The molecule has 1 atom stereocenters. The van der Waals surface area contributed by atoms with Gasteiger partial charge >= 0.3 is 0 Å². The molecule has 2 amide bonds. The molecule has 1 saturated heterocycles. The highest BCUT2D eigenvalue weighted by atomic mass is 19.1. The van der Waals surface area contributed by atoms with E-state index in [1.54, 1.807) is 12.1 Å². The normalized spacial score (nSPS) is 15.6. The van der Waals surface area contributed by atoms with Crippen molar-refractivity contribution in [2.45, 2.75) is 53.0 Å². The minimum atomic E-state index is -0.272. The number of carbonyl (C=O) groups excluding carboxylic acids is 2. The van der Waals surface area contributed by atoms with Crippen molar-refractivity contribution in [3.63, 3.8) is 0 Å². The van der Waals surface area contributed by atoms with Gasteiger partial charge in [0.25, 0.3) is 0 Å². The third-order valence-corrected chi connectivity index (χ3v) is 6.60. The fourth-order valence-electron chi connectivity index (χ4n) is 4.58. The first-order valence-corrected chi connectivity index (χ1v) is 12.7. The van der Waals surface area contributed by atoms with Crippen molar-refractivity contribution < 1.29 is 14.0 Å².